The van der Waals surface area contributed by atoms with E-state index in [1.54, 1.807) is 7.11 Å². The van der Waals surface area contributed by atoms with Crippen molar-refractivity contribution >= 4 is 28.7 Å². The van der Waals surface area contributed by atoms with E-state index in [0.29, 0.717) is 6.61 Å². The van der Waals surface area contributed by atoms with E-state index in [1.165, 1.54) is 21.5 Å². The van der Waals surface area contributed by atoms with Crippen molar-refractivity contribution in [2.45, 2.75) is 13.5 Å². The molecule has 2 nitrogen and oxygen atoms in total. The minimum absolute atomic E-state index is 0.541. The Kier molecular flexibility index (Phi) is 6.28. The van der Waals surface area contributed by atoms with Gasteiger partial charge >= 0.3 is 0 Å². The largest absolute Gasteiger partial charge is 0.380 e. The molecule has 3 heteroatoms. The number of nitrogens with zero attached hydrogens (tertiary/aromatic N) is 1. The van der Waals surface area contributed by atoms with Gasteiger partial charge in [-0.2, -0.15) is 0 Å². The highest BCUT2D eigenvalue weighted by molar-refractivity contribution is 7.87. The molecule has 0 aliphatic carbocycles. The van der Waals surface area contributed by atoms with Crippen molar-refractivity contribution in [2.24, 2.45) is 4.74 Å². The van der Waals surface area contributed by atoms with Crippen molar-refractivity contribution in [3.63, 3.8) is 0 Å². The third-order valence-electron chi connectivity index (χ3n) is 5.18. The molecule has 0 spiro atoms. The van der Waals surface area contributed by atoms with E-state index >= 15 is 0 Å². The van der Waals surface area contributed by atoms with Crippen molar-refractivity contribution in [2.75, 3.05) is 7.11 Å². The highest BCUT2D eigenvalue weighted by Gasteiger charge is 2.27. The lowest BCUT2D eigenvalue weighted by molar-refractivity contribution is 0.185. The van der Waals surface area contributed by atoms with Gasteiger partial charge in [0.2, 0.25) is 0 Å². The molecule has 0 radical (unpaired) electrons. The summed E-state index contributed by atoms with van der Waals surface area (Å²) in [6, 6.07) is 38.5. The van der Waals surface area contributed by atoms with Crippen molar-refractivity contribution in [3.8, 4) is 0 Å². The van der Waals surface area contributed by atoms with Crippen LogP contribution in [0.15, 0.2) is 114 Å². The second kappa shape index (κ2) is 9.26. The molecule has 0 atom stereocenters. The molecule has 0 aromatic heterocycles. The lowest BCUT2D eigenvalue weighted by Gasteiger charge is -2.27. The van der Waals surface area contributed by atoms with E-state index in [0.717, 1.165) is 11.3 Å². The molecule has 0 unspecified atom stereocenters. The summed E-state index contributed by atoms with van der Waals surface area (Å²) in [5.74, 6) is 0. The fraction of sp³-hybridized carbons (Fsp3) is 0.111. The Balaban J connectivity index is 2.13. The topological polar surface area (TPSA) is 21.6 Å². The molecule has 0 saturated heterocycles. The number of methoxy groups -OCH3 is 1. The smallest absolute Gasteiger partial charge is 0.0734 e. The number of benzene rings is 4. The Bertz CT molecular complexity index is 1050. The van der Waals surface area contributed by atoms with Crippen LogP contribution in [0.5, 0.6) is 0 Å². The second-order valence-corrected chi connectivity index (χ2v) is 10.3. The quantitative estimate of drug-likeness (QED) is 0.359. The van der Waals surface area contributed by atoms with Gasteiger partial charge < -0.3 is 4.74 Å². The van der Waals surface area contributed by atoms with Crippen LogP contribution in [0.4, 0.5) is 5.69 Å². The molecule has 0 aliphatic heterocycles. The number of ether oxygens (including phenoxy) is 1. The monoisotopic (exact) mass is 411 g/mol. The maximum atomic E-state index is 5.59. The Hall–Kier alpha value is -2.93. The highest BCUT2D eigenvalue weighted by Crippen LogP contribution is 2.49. The maximum absolute atomic E-state index is 5.59. The fourth-order valence-electron chi connectivity index (χ4n) is 3.80. The number of hydrogen-bond acceptors (Lipinski definition) is 2. The van der Waals surface area contributed by atoms with Gasteiger partial charge in [-0.15, -0.1) is 0 Å². The molecule has 150 valence electrons. The van der Waals surface area contributed by atoms with Crippen molar-refractivity contribution < 1.29 is 4.74 Å². The van der Waals surface area contributed by atoms with Crippen LogP contribution >= 0.6 is 7.05 Å². The zero-order valence-electron chi connectivity index (χ0n) is 17.4. The molecule has 30 heavy (non-hydrogen) atoms. The summed E-state index contributed by atoms with van der Waals surface area (Å²) in [6.07, 6.45) is 0. The zero-order chi connectivity index (χ0) is 20.8. The Morgan fingerprint density at radius 3 is 1.57 bits per heavy atom. The normalized spacial score (nSPS) is 11.3. The first-order chi connectivity index (χ1) is 14.7. The van der Waals surface area contributed by atoms with Crippen LogP contribution in [-0.4, -0.2) is 7.11 Å². The Morgan fingerprint density at radius 1 is 0.667 bits per heavy atom. The third-order valence-corrected chi connectivity index (χ3v) is 8.83. The van der Waals surface area contributed by atoms with Crippen LogP contribution in [0.3, 0.4) is 0 Å². The van der Waals surface area contributed by atoms with Gasteiger partial charge in [0.25, 0.3) is 0 Å². The minimum Gasteiger partial charge on any atom is -0.380 e. The lowest BCUT2D eigenvalue weighted by Crippen LogP contribution is -2.25. The summed E-state index contributed by atoms with van der Waals surface area (Å²) in [7, 11) is -0.535. The first-order valence-electron chi connectivity index (χ1n) is 10.1. The summed E-state index contributed by atoms with van der Waals surface area (Å²) in [4.78, 5) is 0. The van der Waals surface area contributed by atoms with E-state index in [-0.39, 0.29) is 0 Å². The highest BCUT2D eigenvalue weighted by atomic mass is 31.2. The predicted octanol–water partition coefficient (Wildman–Crippen LogP) is 5.95. The van der Waals surface area contributed by atoms with E-state index < -0.39 is 7.05 Å². The summed E-state index contributed by atoms with van der Waals surface area (Å²) in [5.41, 5.74) is 3.32. The van der Waals surface area contributed by atoms with Gasteiger partial charge in [-0.3, -0.25) is 4.74 Å². The average Bonchev–Trinajstić information content (AvgIpc) is 2.81. The number of hydrogen-bond donors (Lipinski definition) is 0. The molecular weight excluding hydrogens is 385 g/mol. The molecule has 4 rings (SSSR count). The molecule has 0 amide bonds. The van der Waals surface area contributed by atoms with Crippen LogP contribution in [0.25, 0.3) is 0 Å². The molecule has 0 aliphatic rings. The molecule has 0 heterocycles. The van der Waals surface area contributed by atoms with Crippen LogP contribution in [0.2, 0.25) is 0 Å². The van der Waals surface area contributed by atoms with Gasteiger partial charge in [0.05, 0.1) is 19.3 Å². The molecule has 4 aromatic rings. The predicted molar refractivity (Wildman–Crippen MR) is 129 cm³/mol. The summed E-state index contributed by atoms with van der Waals surface area (Å²) in [5, 5.41) is 3.73. The van der Waals surface area contributed by atoms with Crippen LogP contribution in [0.1, 0.15) is 11.1 Å². The second-order valence-electron chi connectivity index (χ2n) is 7.31. The first-order valence-corrected chi connectivity index (χ1v) is 11.9. The molecule has 0 bridgehead atoms. The number of aryl methyl sites for hydroxylation is 1. The molecule has 4 aromatic carbocycles. The fourth-order valence-corrected chi connectivity index (χ4v) is 7.37. The summed E-state index contributed by atoms with van der Waals surface area (Å²) >= 11 is 0. The van der Waals surface area contributed by atoms with Gasteiger partial charge in [0, 0.05) is 28.6 Å². The van der Waals surface area contributed by atoms with Crippen LogP contribution in [0, 0.1) is 6.92 Å². The molecule has 0 N–H and O–H groups in total. The van der Waals surface area contributed by atoms with Crippen molar-refractivity contribution in [3.05, 3.63) is 120 Å². The van der Waals surface area contributed by atoms with Gasteiger partial charge in [-0.25, -0.2) is 0 Å². The van der Waals surface area contributed by atoms with Gasteiger partial charge in [0.15, 0.2) is 0 Å². The standard InChI is InChI=1S/C27H26NOP/c1-22-18-19-27(23(20-22)21-29-2)28-30(24-12-6-3-7-13-24,25-14-8-4-9-15-25)26-16-10-5-11-17-26/h3-20H,21H2,1-2H3. The van der Waals surface area contributed by atoms with Gasteiger partial charge in [-0.1, -0.05) is 109 Å². The molecule has 0 fully saturated rings. The van der Waals surface area contributed by atoms with Gasteiger partial charge in [0.1, 0.15) is 0 Å². The van der Waals surface area contributed by atoms with Crippen LogP contribution in [-0.2, 0) is 11.3 Å². The molecular formula is C27H26NOP. The molecule has 0 saturated carbocycles. The van der Waals surface area contributed by atoms with Gasteiger partial charge in [-0.05, 0) is 13.0 Å². The average molecular weight is 411 g/mol. The van der Waals surface area contributed by atoms with E-state index in [1.807, 2.05) is 0 Å². The SMILES string of the molecule is COCc1cc(C)ccc1N=P(c1ccccc1)(c1ccccc1)c1ccccc1. The van der Waals surface area contributed by atoms with Crippen molar-refractivity contribution in [1.29, 1.82) is 0 Å². The van der Waals surface area contributed by atoms with E-state index in [9.17, 15) is 0 Å². The lowest BCUT2D eigenvalue weighted by atomic mass is 10.1. The van der Waals surface area contributed by atoms with Crippen LogP contribution < -0.4 is 15.9 Å². The third kappa shape index (κ3) is 4.03. The maximum Gasteiger partial charge on any atom is 0.0734 e. The summed E-state index contributed by atoms with van der Waals surface area (Å²) < 4.78 is 11.1. The number of rotatable bonds is 6. The minimum atomic E-state index is -2.27. The Labute approximate surface area is 179 Å². The Morgan fingerprint density at radius 2 is 1.13 bits per heavy atom. The first kappa shape index (κ1) is 20.3. The van der Waals surface area contributed by atoms with Crippen molar-refractivity contribution in [1.82, 2.24) is 0 Å². The van der Waals surface area contributed by atoms with E-state index in [4.69, 9.17) is 9.48 Å². The zero-order valence-corrected chi connectivity index (χ0v) is 18.3. The van der Waals surface area contributed by atoms with E-state index in [2.05, 4.69) is 116 Å². The summed E-state index contributed by atoms with van der Waals surface area (Å²) in [6.45, 7) is 2.65.